The number of aromatic amines is 1. The van der Waals surface area contributed by atoms with Crippen LogP contribution in [-0.4, -0.2) is 25.5 Å². The highest BCUT2D eigenvalue weighted by atomic mass is 35.5. The second-order valence-electron chi connectivity index (χ2n) is 6.52. The van der Waals surface area contributed by atoms with Gasteiger partial charge >= 0.3 is 0 Å². The lowest BCUT2D eigenvalue weighted by molar-refractivity contribution is -0.116. The number of halogens is 1. The second-order valence-corrected chi connectivity index (χ2v) is 6.96. The predicted molar refractivity (Wildman–Crippen MR) is 109 cm³/mol. The molecule has 0 saturated heterocycles. The molecule has 2 aromatic heterocycles. The van der Waals surface area contributed by atoms with Crippen molar-refractivity contribution in [2.24, 2.45) is 0 Å². The van der Waals surface area contributed by atoms with E-state index < -0.39 is 0 Å². The molecule has 0 aliphatic rings. The molecule has 4 aromatic rings. The molecule has 7 heteroatoms. The van der Waals surface area contributed by atoms with E-state index in [1.54, 1.807) is 6.07 Å². The van der Waals surface area contributed by atoms with Crippen molar-refractivity contribution in [2.75, 3.05) is 5.32 Å². The van der Waals surface area contributed by atoms with E-state index in [0.717, 1.165) is 16.6 Å². The quantitative estimate of drug-likeness (QED) is 0.460. The van der Waals surface area contributed by atoms with Crippen molar-refractivity contribution < 1.29 is 9.90 Å². The van der Waals surface area contributed by atoms with Gasteiger partial charge in [0.25, 0.3) is 0 Å². The summed E-state index contributed by atoms with van der Waals surface area (Å²) < 4.78 is 2.01. The van der Waals surface area contributed by atoms with Gasteiger partial charge in [-0.25, -0.2) is 4.98 Å². The third-order valence-electron chi connectivity index (χ3n) is 4.59. The van der Waals surface area contributed by atoms with Gasteiger partial charge in [-0.15, -0.1) is 0 Å². The number of aromatic nitrogens is 3. The van der Waals surface area contributed by atoms with Crippen LogP contribution in [0.3, 0.4) is 0 Å². The summed E-state index contributed by atoms with van der Waals surface area (Å²) in [4.78, 5) is 20.0. The average Bonchev–Trinajstić information content (AvgIpc) is 3.36. The Morgan fingerprint density at radius 1 is 1.18 bits per heavy atom. The number of nitrogens with one attached hydrogen (secondary N) is 2. The zero-order chi connectivity index (χ0) is 19.5. The van der Waals surface area contributed by atoms with Crippen LogP contribution in [0.4, 0.5) is 5.69 Å². The summed E-state index contributed by atoms with van der Waals surface area (Å²) in [5.41, 5.74) is 3.19. The van der Waals surface area contributed by atoms with Crippen LogP contribution in [0.2, 0.25) is 5.02 Å². The average molecular weight is 395 g/mol. The fourth-order valence-corrected chi connectivity index (χ4v) is 3.36. The largest absolute Gasteiger partial charge is 0.388 e. The molecule has 0 aliphatic heterocycles. The van der Waals surface area contributed by atoms with E-state index >= 15 is 0 Å². The van der Waals surface area contributed by atoms with Crippen LogP contribution in [-0.2, 0) is 11.4 Å². The Labute approximate surface area is 166 Å². The van der Waals surface area contributed by atoms with E-state index in [1.807, 2.05) is 65.5 Å². The zero-order valence-electron chi connectivity index (χ0n) is 15.0. The van der Waals surface area contributed by atoms with Crippen LogP contribution in [0, 0.1) is 0 Å². The number of aliphatic hydroxyl groups excluding tert-OH is 1. The number of amides is 1. The van der Waals surface area contributed by atoms with Crippen LogP contribution < -0.4 is 5.32 Å². The normalized spacial score (nSPS) is 12.2. The Morgan fingerprint density at radius 3 is 2.64 bits per heavy atom. The van der Waals surface area contributed by atoms with Crippen molar-refractivity contribution in [3.05, 3.63) is 83.4 Å². The van der Waals surface area contributed by atoms with E-state index in [-0.39, 0.29) is 25.0 Å². The summed E-state index contributed by atoms with van der Waals surface area (Å²) in [5.74, 6) is 0.392. The first kappa shape index (κ1) is 18.3. The van der Waals surface area contributed by atoms with Gasteiger partial charge in [0.05, 0.1) is 23.5 Å². The molecular weight excluding hydrogens is 376 g/mol. The van der Waals surface area contributed by atoms with Gasteiger partial charge in [-0.3, -0.25) is 4.79 Å². The zero-order valence-corrected chi connectivity index (χ0v) is 15.7. The number of carbonyl (C=O) groups excluding carboxylic acids is 1. The van der Waals surface area contributed by atoms with E-state index in [0.29, 0.717) is 16.5 Å². The summed E-state index contributed by atoms with van der Waals surface area (Å²) in [6.45, 7) is -0.157. The lowest BCUT2D eigenvalue weighted by Crippen LogP contribution is -2.19. The van der Waals surface area contributed by atoms with Gasteiger partial charge in [0, 0.05) is 23.1 Å². The molecule has 0 fully saturated rings. The molecule has 2 heterocycles. The summed E-state index contributed by atoms with van der Waals surface area (Å²) in [7, 11) is 0. The minimum Gasteiger partial charge on any atom is -0.388 e. The highest BCUT2D eigenvalue weighted by Crippen LogP contribution is 2.25. The number of nitrogens with zero attached hydrogens (tertiary/aromatic N) is 2. The van der Waals surface area contributed by atoms with Gasteiger partial charge in [-0.05, 0) is 48.0 Å². The van der Waals surface area contributed by atoms with Gasteiger partial charge in [-0.2, -0.15) is 0 Å². The van der Waals surface area contributed by atoms with Crippen molar-refractivity contribution in [1.29, 1.82) is 0 Å². The second kappa shape index (κ2) is 7.88. The number of imidazole rings is 1. The first-order valence-corrected chi connectivity index (χ1v) is 9.27. The molecule has 1 amide bonds. The fraction of sp³-hybridized carbons (Fsp3) is 0.143. The maximum absolute atomic E-state index is 12.7. The molecule has 0 aliphatic carbocycles. The van der Waals surface area contributed by atoms with Crippen LogP contribution in [0.15, 0.2) is 67.0 Å². The standard InChI is InChI=1S/C21H19ClN4O2/c22-15-5-3-14(4-6-15)19(26-9-1-2-10-26)12-21(28)23-16-7-8-17-18(11-16)25-20(13-27)24-17/h1-11,19,27H,12-13H2,(H,23,28)(H,24,25)/t19-/m0/s1. The van der Waals surface area contributed by atoms with E-state index in [2.05, 4.69) is 15.3 Å². The number of fused-ring (bicyclic) bond motifs is 1. The number of H-pyrrole nitrogens is 1. The van der Waals surface area contributed by atoms with E-state index in [1.165, 1.54) is 0 Å². The monoisotopic (exact) mass is 394 g/mol. The van der Waals surface area contributed by atoms with Gasteiger partial charge in [0.1, 0.15) is 12.4 Å². The Morgan fingerprint density at radius 2 is 1.93 bits per heavy atom. The van der Waals surface area contributed by atoms with Gasteiger partial charge in [0.15, 0.2) is 0 Å². The number of benzene rings is 2. The first-order chi connectivity index (χ1) is 13.6. The third-order valence-corrected chi connectivity index (χ3v) is 4.84. The molecule has 3 N–H and O–H groups in total. The smallest absolute Gasteiger partial charge is 0.226 e. The molecule has 0 spiro atoms. The maximum Gasteiger partial charge on any atom is 0.226 e. The van der Waals surface area contributed by atoms with Crippen molar-refractivity contribution in [3.8, 4) is 0 Å². The van der Waals surface area contributed by atoms with Crippen LogP contribution in [0.1, 0.15) is 23.9 Å². The first-order valence-electron chi connectivity index (χ1n) is 8.89. The molecule has 1 atom stereocenters. The van der Waals surface area contributed by atoms with Crippen molar-refractivity contribution in [2.45, 2.75) is 19.1 Å². The molecule has 6 nitrogen and oxygen atoms in total. The molecule has 28 heavy (non-hydrogen) atoms. The summed E-state index contributed by atoms with van der Waals surface area (Å²) >= 11 is 6.00. The molecule has 0 bridgehead atoms. The molecule has 2 aromatic carbocycles. The van der Waals surface area contributed by atoms with Gasteiger partial charge in [0.2, 0.25) is 5.91 Å². The molecule has 0 radical (unpaired) electrons. The van der Waals surface area contributed by atoms with Crippen molar-refractivity contribution >= 4 is 34.2 Å². The van der Waals surface area contributed by atoms with E-state index in [4.69, 9.17) is 11.6 Å². The lowest BCUT2D eigenvalue weighted by Gasteiger charge is -2.19. The van der Waals surface area contributed by atoms with Crippen molar-refractivity contribution in [1.82, 2.24) is 14.5 Å². The lowest BCUT2D eigenvalue weighted by atomic mass is 10.0. The Kier molecular flexibility index (Phi) is 5.14. The Balaban J connectivity index is 1.53. The highest BCUT2D eigenvalue weighted by molar-refractivity contribution is 6.30. The summed E-state index contributed by atoms with van der Waals surface area (Å²) in [6, 6.07) is 16.7. The number of aliphatic hydroxyl groups is 1. The van der Waals surface area contributed by atoms with E-state index in [9.17, 15) is 9.90 Å². The molecule has 0 saturated carbocycles. The minimum absolute atomic E-state index is 0.102. The third kappa shape index (κ3) is 3.93. The van der Waals surface area contributed by atoms with Gasteiger partial charge in [-0.1, -0.05) is 23.7 Å². The fourth-order valence-electron chi connectivity index (χ4n) is 3.24. The Bertz CT molecular complexity index is 1090. The highest BCUT2D eigenvalue weighted by Gasteiger charge is 2.18. The molecule has 142 valence electrons. The topological polar surface area (TPSA) is 82.9 Å². The SMILES string of the molecule is O=C(C[C@@H](c1ccc(Cl)cc1)n1cccc1)Nc1ccc2nc(CO)[nH]c2c1. The van der Waals surface area contributed by atoms with Crippen molar-refractivity contribution in [3.63, 3.8) is 0 Å². The summed E-state index contributed by atoms with van der Waals surface area (Å²) in [5, 5.41) is 12.8. The van der Waals surface area contributed by atoms with Crippen LogP contribution in [0.5, 0.6) is 0 Å². The number of anilines is 1. The number of carbonyl (C=O) groups is 1. The summed E-state index contributed by atoms with van der Waals surface area (Å²) in [6.07, 6.45) is 4.17. The molecule has 4 rings (SSSR count). The van der Waals surface area contributed by atoms with Gasteiger partial charge < -0.3 is 20.0 Å². The maximum atomic E-state index is 12.7. The number of hydrogen-bond donors (Lipinski definition) is 3. The molecular formula is C21H19ClN4O2. The minimum atomic E-state index is -0.157. The number of rotatable bonds is 6. The van der Waals surface area contributed by atoms with Crippen LogP contribution >= 0.6 is 11.6 Å². The Hall–Kier alpha value is -3.09. The molecule has 0 unspecified atom stereocenters. The van der Waals surface area contributed by atoms with Crippen LogP contribution in [0.25, 0.3) is 11.0 Å². The predicted octanol–water partition coefficient (Wildman–Crippen LogP) is 4.13. The number of hydrogen-bond acceptors (Lipinski definition) is 3.